The lowest BCUT2D eigenvalue weighted by Crippen LogP contribution is -2.28. The fourth-order valence-corrected chi connectivity index (χ4v) is 2.88. The molecule has 2 amide bonds. The molecule has 1 aromatic carbocycles. The van der Waals surface area contributed by atoms with E-state index >= 15 is 0 Å². The van der Waals surface area contributed by atoms with Crippen LogP contribution in [0.5, 0.6) is 0 Å². The normalized spacial score (nSPS) is 15.2. The standard InChI is InChI=1S/C18H27N3O2/c1-3-20-18(23)15-6-4-13(2)16(12-15)21-17(22)7-5-14-8-10-19-11-9-14/h4,6,12,14,19H,3,5,7-11H2,1-2H3,(H,20,23)(H,21,22). The first kappa shape index (κ1) is 17.5. The van der Waals surface area contributed by atoms with Crippen molar-refractivity contribution in [3.05, 3.63) is 29.3 Å². The smallest absolute Gasteiger partial charge is 0.251 e. The molecule has 1 aromatic rings. The van der Waals surface area contributed by atoms with Gasteiger partial charge in [0.2, 0.25) is 5.91 Å². The van der Waals surface area contributed by atoms with Crippen molar-refractivity contribution >= 4 is 17.5 Å². The van der Waals surface area contributed by atoms with Gasteiger partial charge in [-0.15, -0.1) is 0 Å². The van der Waals surface area contributed by atoms with Gasteiger partial charge >= 0.3 is 0 Å². The number of benzene rings is 1. The van der Waals surface area contributed by atoms with Crippen LogP contribution >= 0.6 is 0 Å². The van der Waals surface area contributed by atoms with Gasteiger partial charge in [-0.1, -0.05) is 6.07 Å². The summed E-state index contributed by atoms with van der Waals surface area (Å²) in [5.74, 6) is 0.558. The summed E-state index contributed by atoms with van der Waals surface area (Å²) in [6, 6.07) is 5.40. The molecule has 0 bridgehead atoms. The van der Waals surface area contributed by atoms with Crippen molar-refractivity contribution in [1.29, 1.82) is 0 Å². The number of anilines is 1. The lowest BCUT2D eigenvalue weighted by atomic mass is 9.93. The fraction of sp³-hybridized carbons (Fsp3) is 0.556. The zero-order valence-corrected chi connectivity index (χ0v) is 14.1. The van der Waals surface area contributed by atoms with E-state index in [0.717, 1.165) is 43.6 Å². The molecule has 2 rings (SSSR count). The minimum atomic E-state index is -0.113. The zero-order valence-electron chi connectivity index (χ0n) is 14.1. The van der Waals surface area contributed by atoms with Crippen LogP contribution in [0.25, 0.3) is 0 Å². The number of carbonyl (C=O) groups is 2. The molecule has 0 saturated carbocycles. The van der Waals surface area contributed by atoms with E-state index in [1.165, 1.54) is 0 Å². The molecule has 126 valence electrons. The predicted molar refractivity (Wildman–Crippen MR) is 92.6 cm³/mol. The highest BCUT2D eigenvalue weighted by Gasteiger charge is 2.15. The molecule has 0 atom stereocenters. The lowest BCUT2D eigenvalue weighted by Gasteiger charge is -2.22. The van der Waals surface area contributed by atoms with E-state index in [-0.39, 0.29) is 11.8 Å². The van der Waals surface area contributed by atoms with Gasteiger partial charge in [-0.05, 0) is 69.8 Å². The van der Waals surface area contributed by atoms with E-state index in [2.05, 4.69) is 16.0 Å². The molecular formula is C18H27N3O2. The van der Waals surface area contributed by atoms with E-state index in [4.69, 9.17) is 0 Å². The molecule has 5 heteroatoms. The van der Waals surface area contributed by atoms with Crippen molar-refractivity contribution in [3.63, 3.8) is 0 Å². The van der Waals surface area contributed by atoms with Crippen LogP contribution in [0.1, 0.15) is 48.5 Å². The van der Waals surface area contributed by atoms with Gasteiger partial charge in [-0.2, -0.15) is 0 Å². The minimum Gasteiger partial charge on any atom is -0.352 e. The molecule has 0 aromatic heterocycles. The van der Waals surface area contributed by atoms with E-state index in [1.54, 1.807) is 12.1 Å². The van der Waals surface area contributed by atoms with Crippen LogP contribution in [0.3, 0.4) is 0 Å². The fourth-order valence-electron chi connectivity index (χ4n) is 2.88. The van der Waals surface area contributed by atoms with E-state index in [9.17, 15) is 9.59 Å². The number of carbonyl (C=O) groups excluding carboxylic acids is 2. The Labute approximate surface area is 138 Å². The van der Waals surface area contributed by atoms with Gasteiger partial charge in [0.1, 0.15) is 0 Å². The second-order valence-corrected chi connectivity index (χ2v) is 6.17. The van der Waals surface area contributed by atoms with Crippen LogP contribution in [-0.2, 0) is 4.79 Å². The Morgan fingerprint density at radius 1 is 1.26 bits per heavy atom. The largest absolute Gasteiger partial charge is 0.352 e. The molecule has 0 radical (unpaired) electrons. The maximum atomic E-state index is 12.2. The maximum Gasteiger partial charge on any atom is 0.251 e. The Bertz CT molecular complexity index is 551. The van der Waals surface area contributed by atoms with Crippen molar-refractivity contribution in [2.45, 2.75) is 39.5 Å². The number of hydrogen-bond donors (Lipinski definition) is 3. The van der Waals surface area contributed by atoms with Crippen LogP contribution < -0.4 is 16.0 Å². The summed E-state index contributed by atoms with van der Waals surface area (Å²) in [6.07, 6.45) is 3.77. The first-order chi connectivity index (χ1) is 11.1. The monoisotopic (exact) mass is 317 g/mol. The molecule has 1 heterocycles. The maximum absolute atomic E-state index is 12.2. The molecule has 0 aliphatic carbocycles. The van der Waals surface area contributed by atoms with E-state index in [0.29, 0.717) is 24.4 Å². The Balaban J connectivity index is 1.91. The van der Waals surface area contributed by atoms with Crippen LogP contribution in [0.2, 0.25) is 0 Å². The number of hydrogen-bond acceptors (Lipinski definition) is 3. The van der Waals surface area contributed by atoms with E-state index < -0.39 is 0 Å². The summed E-state index contributed by atoms with van der Waals surface area (Å²) in [4.78, 5) is 24.1. The highest BCUT2D eigenvalue weighted by molar-refractivity contribution is 5.97. The SMILES string of the molecule is CCNC(=O)c1ccc(C)c(NC(=O)CCC2CCNCC2)c1. The van der Waals surface area contributed by atoms with Crippen LogP contribution in [0.15, 0.2) is 18.2 Å². The molecule has 1 aliphatic heterocycles. The molecule has 0 spiro atoms. The molecule has 1 aliphatic rings. The van der Waals surface area contributed by atoms with Crippen molar-refractivity contribution in [3.8, 4) is 0 Å². The predicted octanol–water partition coefficient (Wildman–Crippen LogP) is 2.46. The van der Waals surface area contributed by atoms with E-state index in [1.807, 2.05) is 19.9 Å². The van der Waals surface area contributed by atoms with Crippen molar-refractivity contribution in [2.75, 3.05) is 25.0 Å². The molecule has 0 unspecified atom stereocenters. The van der Waals surface area contributed by atoms with Crippen molar-refractivity contribution in [2.24, 2.45) is 5.92 Å². The molecular weight excluding hydrogens is 290 g/mol. The van der Waals surface area contributed by atoms with Crippen molar-refractivity contribution < 1.29 is 9.59 Å². The molecule has 1 saturated heterocycles. The van der Waals surface area contributed by atoms with Crippen LogP contribution in [0, 0.1) is 12.8 Å². The van der Waals surface area contributed by atoms with Gasteiger partial charge in [0.25, 0.3) is 5.91 Å². The minimum absolute atomic E-state index is 0.0275. The first-order valence-corrected chi connectivity index (χ1v) is 8.49. The topological polar surface area (TPSA) is 70.2 Å². The number of aryl methyl sites for hydroxylation is 1. The first-order valence-electron chi connectivity index (χ1n) is 8.49. The van der Waals surface area contributed by atoms with Gasteiger partial charge < -0.3 is 16.0 Å². The summed E-state index contributed by atoms with van der Waals surface area (Å²) in [5, 5.41) is 9.06. The Morgan fingerprint density at radius 2 is 2.00 bits per heavy atom. The highest BCUT2D eigenvalue weighted by atomic mass is 16.2. The molecule has 23 heavy (non-hydrogen) atoms. The van der Waals surface area contributed by atoms with Crippen LogP contribution in [0.4, 0.5) is 5.69 Å². The summed E-state index contributed by atoms with van der Waals surface area (Å²) in [7, 11) is 0. The number of piperidine rings is 1. The Morgan fingerprint density at radius 3 is 2.70 bits per heavy atom. The average Bonchev–Trinajstić information content (AvgIpc) is 2.56. The quantitative estimate of drug-likeness (QED) is 0.755. The van der Waals surface area contributed by atoms with Gasteiger partial charge in [-0.3, -0.25) is 9.59 Å². The third-order valence-corrected chi connectivity index (χ3v) is 4.35. The van der Waals surface area contributed by atoms with Gasteiger partial charge in [0, 0.05) is 24.2 Å². The second-order valence-electron chi connectivity index (χ2n) is 6.17. The summed E-state index contributed by atoms with van der Waals surface area (Å²) >= 11 is 0. The number of rotatable bonds is 6. The van der Waals surface area contributed by atoms with Crippen LogP contribution in [-0.4, -0.2) is 31.4 Å². The summed E-state index contributed by atoms with van der Waals surface area (Å²) in [6.45, 7) is 6.52. The molecule has 1 fully saturated rings. The Hall–Kier alpha value is -1.88. The third-order valence-electron chi connectivity index (χ3n) is 4.35. The molecule has 5 nitrogen and oxygen atoms in total. The number of amides is 2. The summed E-state index contributed by atoms with van der Waals surface area (Å²) < 4.78 is 0. The lowest BCUT2D eigenvalue weighted by molar-refractivity contribution is -0.116. The average molecular weight is 317 g/mol. The van der Waals surface area contributed by atoms with Crippen molar-refractivity contribution in [1.82, 2.24) is 10.6 Å². The summed E-state index contributed by atoms with van der Waals surface area (Å²) in [5.41, 5.74) is 2.27. The Kier molecular flexibility index (Phi) is 6.59. The number of nitrogens with one attached hydrogen (secondary N) is 3. The van der Waals surface area contributed by atoms with Gasteiger partial charge in [-0.25, -0.2) is 0 Å². The van der Waals surface area contributed by atoms with Gasteiger partial charge in [0.05, 0.1) is 0 Å². The molecule has 3 N–H and O–H groups in total. The highest BCUT2D eigenvalue weighted by Crippen LogP contribution is 2.20. The third kappa shape index (κ3) is 5.36. The second kappa shape index (κ2) is 8.67. The zero-order chi connectivity index (χ0) is 16.7. The van der Waals surface area contributed by atoms with Gasteiger partial charge in [0.15, 0.2) is 0 Å².